The third-order valence-corrected chi connectivity index (χ3v) is 6.08. The van der Waals surface area contributed by atoms with Gasteiger partial charge in [0.1, 0.15) is 23.9 Å². The van der Waals surface area contributed by atoms with Crippen molar-refractivity contribution < 1.29 is 23.5 Å². The van der Waals surface area contributed by atoms with E-state index in [-0.39, 0.29) is 17.3 Å². The number of carbonyl (C=O) groups is 2. The van der Waals surface area contributed by atoms with Gasteiger partial charge in [-0.2, -0.15) is 0 Å². The van der Waals surface area contributed by atoms with Gasteiger partial charge >= 0.3 is 0 Å². The van der Waals surface area contributed by atoms with Crippen LogP contribution in [0.3, 0.4) is 0 Å². The zero-order chi connectivity index (χ0) is 22.7. The molecule has 0 bridgehead atoms. The first kappa shape index (κ1) is 22.1. The highest BCUT2D eigenvalue weighted by molar-refractivity contribution is 9.10. The number of amides is 2. The summed E-state index contributed by atoms with van der Waals surface area (Å²) < 4.78 is 25.8. The molecule has 0 aromatic heterocycles. The van der Waals surface area contributed by atoms with Crippen molar-refractivity contribution in [1.82, 2.24) is 0 Å². The average Bonchev–Trinajstić information content (AvgIpc) is 3.06. The fraction of sp³-hybridized carbons (Fsp3) is 0.0833. The summed E-state index contributed by atoms with van der Waals surface area (Å²) in [6, 6.07) is 18.5. The van der Waals surface area contributed by atoms with Crippen LogP contribution in [-0.2, 0) is 11.4 Å². The lowest BCUT2D eigenvalue weighted by Gasteiger charge is -2.15. The van der Waals surface area contributed by atoms with Crippen LogP contribution < -0.4 is 14.4 Å². The molecule has 162 valence electrons. The van der Waals surface area contributed by atoms with Gasteiger partial charge in [-0.25, -0.2) is 9.29 Å². The minimum absolute atomic E-state index is 0.0256. The number of rotatable bonds is 6. The molecule has 3 aromatic carbocycles. The Morgan fingerprint density at radius 3 is 2.56 bits per heavy atom. The number of imide groups is 1. The summed E-state index contributed by atoms with van der Waals surface area (Å²) in [6.07, 6.45) is 1.60. The molecule has 0 aliphatic carbocycles. The lowest BCUT2D eigenvalue weighted by molar-refractivity contribution is -0.113. The Balaban J connectivity index is 1.64. The van der Waals surface area contributed by atoms with Crippen molar-refractivity contribution in [3.8, 4) is 11.5 Å². The van der Waals surface area contributed by atoms with E-state index in [4.69, 9.17) is 9.47 Å². The molecule has 0 unspecified atom stereocenters. The monoisotopic (exact) mass is 513 g/mol. The number of anilines is 1. The van der Waals surface area contributed by atoms with Gasteiger partial charge in [0.2, 0.25) is 0 Å². The number of para-hydroxylation sites is 2. The molecule has 0 radical (unpaired) electrons. The zero-order valence-electron chi connectivity index (χ0n) is 16.9. The summed E-state index contributed by atoms with van der Waals surface area (Å²) in [5.41, 5.74) is 1.38. The van der Waals surface area contributed by atoms with E-state index in [2.05, 4.69) is 15.9 Å². The molecule has 1 aliphatic rings. The number of carbonyl (C=O) groups excluding carboxylic acids is 2. The molecule has 0 saturated carbocycles. The first-order chi connectivity index (χ1) is 15.5. The zero-order valence-corrected chi connectivity index (χ0v) is 19.3. The first-order valence-corrected chi connectivity index (χ1v) is 11.2. The van der Waals surface area contributed by atoms with Gasteiger partial charge in [0.15, 0.2) is 0 Å². The van der Waals surface area contributed by atoms with Gasteiger partial charge in [0.25, 0.3) is 11.1 Å². The summed E-state index contributed by atoms with van der Waals surface area (Å²) in [7, 11) is 1.48. The average molecular weight is 514 g/mol. The second kappa shape index (κ2) is 9.58. The number of ether oxygens (including phenoxy) is 2. The molecule has 2 amide bonds. The summed E-state index contributed by atoms with van der Waals surface area (Å²) in [5.74, 6) is 0.0709. The Bertz CT molecular complexity index is 1230. The Kier molecular flexibility index (Phi) is 6.62. The van der Waals surface area contributed by atoms with Crippen molar-refractivity contribution in [2.45, 2.75) is 6.61 Å². The number of thioether (sulfide) groups is 1. The van der Waals surface area contributed by atoms with Crippen molar-refractivity contribution in [2.75, 3.05) is 12.0 Å². The number of benzene rings is 3. The minimum atomic E-state index is -0.454. The second-order valence-electron chi connectivity index (χ2n) is 6.75. The molecule has 4 rings (SSSR count). The molecule has 3 aromatic rings. The van der Waals surface area contributed by atoms with E-state index in [0.29, 0.717) is 28.3 Å². The highest BCUT2D eigenvalue weighted by atomic mass is 79.9. The Morgan fingerprint density at radius 2 is 1.78 bits per heavy atom. The first-order valence-electron chi connectivity index (χ1n) is 9.54. The Hall–Kier alpha value is -3.10. The topological polar surface area (TPSA) is 55.8 Å². The summed E-state index contributed by atoms with van der Waals surface area (Å²) >= 11 is 4.25. The van der Waals surface area contributed by atoms with Crippen LogP contribution in [-0.4, -0.2) is 18.3 Å². The SMILES string of the molecule is COc1ccccc1N1C(=O)S/C(=C\c2cc(Br)ccc2OCc2ccccc2F)C1=O. The van der Waals surface area contributed by atoms with E-state index in [1.807, 2.05) is 0 Å². The molecule has 8 heteroatoms. The Morgan fingerprint density at radius 1 is 1.03 bits per heavy atom. The van der Waals surface area contributed by atoms with Crippen LogP contribution in [0.5, 0.6) is 11.5 Å². The van der Waals surface area contributed by atoms with Crippen LogP contribution in [0.15, 0.2) is 76.1 Å². The summed E-state index contributed by atoms with van der Waals surface area (Å²) in [5, 5.41) is -0.422. The van der Waals surface area contributed by atoms with Crippen molar-refractivity contribution >= 4 is 50.6 Å². The minimum Gasteiger partial charge on any atom is -0.495 e. The van der Waals surface area contributed by atoms with Crippen LogP contribution in [0.25, 0.3) is 6.08 Å². The lowest BCUT2D eigenvalue weighted by Crippen LogP contribution is -2.28. The molecule has 0 atom stereocenters. The second-order valence-corrected chi connectivity index (χ2v) is 8.66. The molecule has 0 spiro atoms. The smallest absolute Gasteiger partial charge is 0.298 e. The van der Waals surface area contributed by atoms with Gasteiger partial charge in [-0.1, -0.05) is 46.3 Å². The van der Waals surface area contributed by atoms with Gasteiger partial charge in [0.05, 0.1) is 17.7 Å². The van der Waals surface area contributed by atoms with Crippen LogP contribution in [0.1, 0.15) is 11.1 Å². The number of halogens is 2. The van der Waals surface area contributed by atoms with Gasteiger partial charge in [-0.15, -0.1) is 0 Å². The molecule has 5 nitrogen and oxygen atoms in total. The molecule has 32 heavy (non-hydrogen) atoms. The van der Waals surface area contributed by atoms with Crippen molar-refractivity contribution in [2.24, 2.45) is 0 Å². The number of methoxy groups -OCH3 is 1. The number of nitrogens with zero attached hydrogens (tertiary/aromatic N) is 1. The quantitative estimate of drug-likeness (QED) is 0.356. The fourth-order valence-corrected chi connectivity index (χ4v) is 4.37. The van der Waals surface area contributed by atoms with E-state index < -0.39 is 11.1 Å². The molecule has 1 aliphatic heterocycles. The normalized spacial score (nSPS) is 14.8. The van der Waals surface area contributed by atoms with Gasteiger partial charge in [0, 0.05) is 15.6 Å². The maximum absolute atomic E-state index is 13.9. The van der Waals surface area contributed by atoms with E-state index >= 15 is 0 Å². The predicted molar refractivity (Wildman–Crippen MR) is 126 cm³/mol. The van der Waals surface area contributed by atoms with Crippen molar-refractivity contribution in [3.05, 3.63) is 93.1 Å². The van der Waals surface area contributed by atoms with E-state index in [0.717, 1.165) is 21.1 Å². The van der Waals surface area contributed by atoms with Crippen molar-refractivity contribution in [1.29, 1.82) is 0 Å². The van der Waals surface area contributed by atoms with Gasteiger partial charge in [-0.3, -0.25) is 9.59 Å². The Labute approximate surface area is 197 Å². The standard InChI is InChI=1S/C24H17BrFNO4S/c1-30-21-9-5-4-8-19(21)27-23(28)22(32-24(27)29)13-16-12-17(25)10-11-20(16)31-14-15-6-2-3-7-18(15)26/h2-13H,14H2,1H3/b22-13-. The third kappa shape index (κ3) is 4.56. The molecular weight excluding hydrogens is 497 g/mol. The highest BCUT2D eigenvalue weighted by Gasteiger charge is 2.37. The molecule has 1 fully saturated rings. The van der Waals surface area contributed by atoms with E-state index in [1.165, 1.54) is 13.2 Å². The predicted octanol–water partition coefficient (Wildman–Crippen LogP) is 6.42. The lowest BCUT2D eigenvalue weighted by atomic mass is 10.1. The van der Waals surface area contributed by atoms with Crippen molar-refractivity contribution in [3.63, 3.8) is 0 Å². The largest absolute Gasteiger partial charge is 0.495 e. The van der Waals surface area contributed by atoms with Crippen LogP contribution >= 0.6 is 27.7 Å². The highest BCUT2D eigenvalue weighted by Crippen LogP contribution is 2.40. The maximum Gasteiger partial charge on any atom is 0.298 e. The van der Waals surface area contributed by atoms with Gasteiger partial charge in [-0.05, 0) is 54.2 Å². The number of hydrogen-bond donors (Lipinski definition) is 0. The van der Waals surface area contributed by atoms with Crippen LogP contribution in [0.4, 0.5) is 14.9 Å². The summed E-state index contributed by atoms with van der Waals surface area (Å²) in [4.78, 5) is 27.0. The summed E-state index contributed by atoms with van der Waals surface area (Å²) in [6.45, 7) is 0.0256. The maximum atomic E-state index is 13.9. The van der Waals surface area contributed by atoms with E-state index in [1.54, 1.807) is 66.7 Å². The van der Waals surface area contributed by atoms with Crippen LogP contribution in [0, 0.1) is 5.82 Å². The molecular formula is C24H17BrFNO4S. The fourth-order valence-electron chi connectivity index (χ4n) is 3.17. The molecule has 0 N–H and O–H groups in total. The third-order valence-electron chi connectivity index (χ3n) is 4.72. The van der Waals surface area contributed by atoms with Crippen LogP contribution in [0.2, 0.25) is 0 Å². The molecule has 1 heterocycles. The van der Waals surface area contributed by atoms with Gasteiger partial charge < -0.3 is 9.47 Å². The number of hydrogen-bond acceptors (Lipinski definition) is 5. The van der Waals surface area contributed by atoms with E-state index in [9.17, 15) is 14.0 Å². The molecule has 1 saturated heterocycles.